The molecule has 2 heterocycles. The number of hydrogen-bond donors (Lipinski definition) is 1. The number of hydrogen-bond acceptors (Lipinski definition) is 5. The highest BCUT2D eigenvalue weighted by atomic mass is 16.5. The quantitative estimate of drug-likeness (QED) is 0.850. The lowest BCUT2D eigenvalue weighted by Crippen LogP contribution is -2.21. The van der Waals surface area contributed by atoms with Crippen LogP contribution in [0.2, 0.25) is 0 Å². The van der Waals surface area contributed by atoms with E-state index in [2.05, 4.69) is 52.5 Å². The molecule has 2 aromatic rings. The van der Waals surface area contributed by atoms with Crippen LogP contribution in [0.4, 0.5) is 5.82 Å². The van der Waals surface area contributed by atoms with Gasteiger partial charge in [0.25, 0.3) is 0 Å². The SMILES string of the molecule is COCc1cc(NCC(C)Cn2ccnc2)nc(C(C)(C)C)n1. The number of methoxy groups -OCH3 is 1. The van der Waals surface area contributed by atoms with Crippen LogP contribution in [0.5, 0.6) is 0 Å². The maximum Gasteiger partial charge on any atom is 0.136 e. The zero-order chi connectivity index (χ0) is 16.9. The van der Waals surface area contributed by atoms with Gasteiger partial charge in [0.05, 0.1) is 18.6 Å². The summed E-state index contributed by atoms with van der Waals surface area (Å²) in [6.07, 6.45) is 5.63. The second-order valence-electron chi connectivity index (χ2n) is 7.00. The molecule has 0 aliphatic heterocycles. The fourth-order valence-electron chi connectivity index (χ4n) is 2.24. The summed E-state index contributed by atoms with van der Waals surface area (Å²) in [5, 5.41) is 3.43. The smallest absolute Gasteiger partial charge is 0.136 e. The summed E-state index contributed by atoms with van der Waals surface area (Å²) in [5.41, 5.74) is 0.806. The Morgan fingerprint density at radius 2 is 2.09 bits per heavy atom. The largest absolute Gasteiger partial charge is 0.378 e. The Balaban J connectivity index is 2.04. The fraction of sp³-hybridized carbons (Fsp3) is 0.588. The topological polar surface area (TPSA) is 64.9 Å². The lowest BCUT2D eigenvalue weighted by Gasteiger charge is -2.20. The van der Waals surface area contributed by atoms with Crippen molar-refractivity contribution in [2.75, 3.05) is 19.0 Å². The van der Waals surface area contributed by atoms with Crippen LogP contribution in [-0.2, 0) is 23.3 Å². The third kappa shape index (κ3) is 5.32. The molecule has 0 radical (unpaired) electrons. The zero-order valence-corrected chi connectivity index (χ0v) is 14.7. The number of imidazole rings is 1. The number of anilines is 1. The minimum atomic E-state index is -0.0946. The first-order chi connectivity index (χ1) is 10.9. The van der Waals surface area contributed by atoms with Crippen LogP contribution in [0.1, 0.15) is 39.2 Å². The second-order valence-corrected chi connectivity index (χ2v) is 7.00. The molecule has 2 aromatic heterocycles. The molecule has 1 atom stereocenters. The van der Waals surface area contributed by atoms with Gasteiger partial charge in [-0.05, 0) is 5.92 Å². The van der Waals surface area contributed by atoms with E-state index in [-0.39, 0.29) is 5.41 Å². The van der Waals surface area contributed by atoms with Crippen molar-refractivity contribution in [2.45, 2.75) is 46.3 Å². The molecular formula is C17H27N5O. The maximum absolute atomic E-state index is 5.22. The van der Waals surface area contributed by atoms with Crippen molar-refractivity contribution in [1.82, 2.24) is 19.5 Å². The first-order valence-corrected chi connectivity index (χ1v) is 7.95. The van der Waals surface area contributed by atoms with Crippen LogP contribution in [0.15, 0.2) is 24.8 Å². The normalized spacial score (nSPS) is 13.1. The minimum Gasteiger partial charge on any atom is -0.378 e. The van der Waals surface area contributed by atoms with Crippen molar-refractivity contribution in [3.05, 3.63) is 36.3 Å². The molecule has 0 fully saturated rings. The molecular weight excluding hydrogens is 290 g/mol. The van der Waals surface area contributed by atoms with Gasteiger partial charge in [-0.25, -0.2) is 15.0 Å². The highest BCUT2D eigenvalue weighted by Crippen LogP contribution is 2.21. The van der Waals surface area contributed by atoms with Crippen molar-refractivity contribution in [1.29, 1.82) is 0 Å². The molecule has 1 N–H and O–H groups in total. The van der Waals surface area contributed by atoms with Gasteiger partial charge in [-0.2, -0.15) is 0 Å². The first kappa shape index (κ1) is 17.4. The van der Waals surface area contributed by atoms with Crippen LogP contribution in [-0.4, -0.2) is 33.2 Å². The summed E-state index contributed by atoms with van der Waals surface area (Å²) in [6, 6.07) is 1.96. The minimum absolute atomic E-state index is 0.0946. The molecule has 0 spiro atoms. The van der Waals surface area contributed by atoms with Gasteiger partial charge in [0.1, 0.15) is 11.6 Å². The maximum atomic E-state index is 5.22. The van der Waals surface area contributed by atoms with Crippen molar-refractivity contribution in [3.63, 3.8) is 0 Å². The number of nitrogens with one attached hydrogen (secondary N) is 1. The van der Waals surface area contributed by atoms with Gasteiger partial charge in [-0.1, -0.05) is 27.7 Å². The molecule has 1 unspecified atom stereocenters. The van der Waals surface area contributed by atoms with Crippen molar-refractivity contribution < 1.29 is 4.74 Å². The van der Waals surface area contributed by atoms with Crippen LogP contribution in [0.3, 0.4) is 0 Å². The van der Waals surface area contributed by atoms with E-state index in [9.17, 15) is 0 Å². The molecule has 0 aromatic carbocycles. The van der Waals surface area contributed by atoms with E-state index in [1.807, 2.05) is 18.6 Å². The predicted octanol–water partition coefficient (Wildman–Crippen LogP) is 2.87. The number of rotatable bonds is 7. The van der Waals surface area contributed by atoms with E-state index >= 15 is 0 Å². The van der Waals surface area contributed by atoms with Gasteiger partial charge < -0.3 is 14.6 Å². The Morgan fingerprint density at radius 3 is 2.70 bits per heavy atom. The van der Waals surface area contributed by atoms with E-state index in [0.29, 0.717) is 12.5 Å². The molecule has 0 saturated heterocycles. The van der Waals surface area contributed by atoms with E-state index < -0.39 is 0 Å². The number of nitrogens with zero attached hydrogens (tertiary/aromatic N) is 4. The van der Waals surface area contributed by atoms with Crippen molar-refractivity contribution >= 4 is 5.82 Å². The highest BCUT2D eigenvalue weighted by Gasteiger charge is 2.19. The molecule has 6 nitrogen and oxygen atoms in total. The average molecular weight is 317 g/mol. The third-order valence-corrected chi connectivity index (χ3v) is 3.46. The highest BCUT2D eigenvalue weighted by molar-refractivity contribution is 5.37. The Hall–Kier alpha value is -1.95. The molecule has 0 aliphatic rings. The third-order valence-electron chi connectivity index (χ3n) is 3.46. The lowest BCUT2D eigenvalue weighted by atomic mass is 9.95. The Bertz CT molecular complexity index is 604. The Kier molecular flexibility index (Phi) is 5.71. The van der Waals surface area contributed by atoms with Gasteiger partial charge in [0, 0.05) is 44.1 Å². The summed E-state index contributed by atoms with van der Waals surface area (Å²) in [7, 11) is 1.68. The van der Waals surface area contributed by atoms with Gasteiger partial charge in [0.2, 0.25) is 0 Å². The number of aromatic nitrogens is 4. The predicted molar refractivity (Wildman–Crippen MR) is 91.3 cm³/mol. The van der Waals surface area contributed by atoms with Gasteiger partial charge >= 0.3 is 0 Å². The van der Waals surface area contributed by atoms with E-state index in [1.165, 1.54) is 0 Å². The molecule has 2 rings (SSSR count). The molecule has 0 bridgehead atoms. The zero-order valence-electron chi connectivity index (χ0n) is 14.7. The second kappa shape index (κ2) is 7.55. The molecule has 0 amide bonds. The van der Waals surface area contributed by atoms with Crippen LogP contribution in [0, 0.1) is 5.92 Å². The molecule has 0 saturated carbocycles. The monoisotopic (exact) mass is 317 g/mol. The summed E-state index contributed by atoms with van der Waals surface area (Å²) in [4.78, 5) is 13.3. The summed E-state index contributed by atoms with van der Waals surface area (Å²) >= 11 is 0. The van der Waals surface area contributed by atoms with Gasteiger partial charge in [-0.3, -0.25) is 0 Å². The van der Waals surface area contributed by atoms with E-state index in [1.54, 1.807) is 13.3 Å². The van der Waals surface area contributed by atoms with Crippen LogP contribution >= 0.6 is 0 Å². The van der Waals surface area contributed by atoms with E-state index in [4.69, 9.17) is 4.74 Å². The molecule has 126 valence electrons. The van der Waals surface area contributed by atoms with Crippen molar-refractivity contribution in [2.24, 2.45) is 5.92 Å². The lowest BCUT2D eigenvalue weighted by molar-refractivity contribution is 0.181. The van der Waals surface area contributed by atoms with Crippen molar-refractivity contribution in [3.8, 4) is 0 Å². The molecule has 0 aliphatic carbocycles. The van der Waals surface area contributed by atoms with Crippen LogP contribution in [0.25, 0.3) is 0 Å². The fourth-order valence-corrected chi connectivity index (χ4v) is 2.24. The average Bonchev–Trinajstić information content (AvgIpc) is 2.97. The Labute approximate surface area is 138 Å². The standard InChI is InChI=1S/C17H27N5O/c1-13(10-22-7-6-18-12-22)9-19-15-8-14(11-23-5)20-16(21-15)17(2,3)4/h6-8,12-13H,9-11H2,1-5H3,(H,19,20,21). The van der Waals surface area contributed by atoms with Gasteiger partial charge in [0.15, 0.2) is 0 Å². The van der Waals surface area contributed by atoms with Gasteiger partial charge in [-0.15, -0.1) is 0 Å². The number of ether oxygens (including phenoxy) is 1. The first-order valence-electron chi connectivity index (χ1n) is 7.95. The summed E-state index contributed by atoms with van der Waals surface area (Å²) < 4.78 is 7.30. The van der Waals surface area contributed by atoms with E-state index in [0.717, 1.165) is 30.4 Å². The molecule has 23 heavy (non-hydrogen) atoms. The Morgan fingerprint density at radius 1 is 1.30 bits per heavy atom. The summed E-state index contributed by atoms with van der Waals surface area (Å²) in [6.45, 7) is 10.8. The molecule has 6 heteroatoms. The van der Waals surface area contributed by atoms with Crippen LogP contribution < -0.4 is 5.32 Å². The summed E-state index contributed by atoms with van der Waals surface area (Å²) in [5.74, 6) is 2.15.